The minimum absolute atomic E-state index is 0.146. The molecule has 0 heterocycles. The molecule has 0 radical (unpaired) electrons. The molecule has 0 aliphatic rings. The molecular weight excluding hydrogens is 426 g/mol. The van der Waals surface area contributed by atoms with Gasteiger partial charge in [0.1, 0.15) is 6.04 Å². The minimum Gasteiger partial charge on any atom is -0.354 e. The number of carbonyl (C=O) groups excluding carboxylic acids is 2. The van der Waals surface area contributed by atoms with E-state index in [9.17, 15) is 18.0 Å². The van der Waals surface area contributed by atoms with Crippen molar-refractivity contribution in [1.82, 2.24) is 14.5 Å². The van der Waals surface area contributed by atoms with E-state index in [1.807, 2.05) is 37.3 Å². The molecule has 0 aliphatic heterocycles. The molecule has 0 unspecified atom stereocenters. The van der Waals surface area contributed by atoms with E-state index >= 15 is 0 Å². The van der Waals surface area contributed by atoms with Gasteiger partial charge in [-0.2, -0.15) is 0 Å². The van der Waals surface area contributed by atoms with Crippen LogP contribution in [-0.2, 0) is 26.2 Å². The average Bonchev–Trinajstić information content (AvgIpc) is 2.81. The van der Waals surface area contributed by atoms with E-state index in [1.54, 1.807) is 42.2 Å². The van der Waals surface area contributed by atoms with E-state index in [2.05, 4.69) is 5.32 Å². The highest BCUT2D eigenvalue weighted by Gasteiger charge is 2.26. The molecule has 0 aromatic heterocycles. The lowest BCUT2D eigenvalue weighted by molar-refractivity contribution is -0.140. The topological polar surface area (TPSA) is 86.8 Å². The Morgan fingerprint density at radius 1 is 1.00 bits per heavy atom. The fraction of sp³-hybridized carbons (Fsp3) is 0.417. The number of benzene rings is 2. The highest BCUT2D eigenvalue weighted by atomic mass is 32.2. The van der Waals surface area contributed by atoms with Crippen LogP contribution in [0.25, 0.3) is 0 Å². The lowest BCUT2D eigenvalue weighted by Gasteiger charge is -2.29. The predicted octanol–water partition coefficient (Wildman–Crippen LogP) is 3.03. The first-order valence-electron chi connectivity index (χ1n) is 10.9. The van der Waals surface area contributed by atoms with Crippen molar-refractivity contribution in [3.05, 3.63) is 66.2 Å². The Hall–Kier alpha value is -2.71. The van der Waals surface area contributed by atoms with Crippen LogP contribution < -0.4 is 5.32 Å². The molecule has 2 aromatic rings. The maximum absolute atomic E-state index is 13.0. The summed E-state index contributed by atoms with van der Waals surface area (Å²) in [5.41, 5.74) is 0.930. The fourth-order valence-corrected chi connectivity index (χ4v) is 4.48. The summed E-state index contributed by atoms with van der Waals surface area (Å²) in [7, 11) is -2.09. The van der Waals surface area contributed by atoms with E-state index in [1.165, 1.54) is 11.4 Å². The Bertz CT molecular complexity index is 965. The molecule has 2 aromatic carbocycles. The standard InChI is InChI=1S/C24H33N3O4S/c1-4-17-25-24(29)20(2)27(19-21-12-7-5-8-13-21)23(28)16-11-18-26(3)32(30,31)22-14-9-6-10-15-22/h5-10,12-15,20H,4,11,16-19H2,1-3H3,(H,25,29)/t20-/m0/s1. The molecule has 1 atom stereocenters. The van der Waals surface area contributed by atoms with Gasteiger partial charge in [-0.05, 0) is 37.5 Å². The van der Waals surface area contributed by atoms with Gasteiger partial charge in [0.2, 0.25) is 21.8 Å². The summed E-state index contributed by atoms with van der Waals surface area (Å²) in [6.45, 7) is 4.77. The molecule has 7 nitrogen and oxygen atoms in total. The monoisotopic (exact) mass is 459 g/mol. The SMILES string of the molecule is CCCNC(=O)[C@H](C)N(Cc1ccccc1)C(=O)CCCN(C)S(=O)(=O)c1ccccc1. The Morgan fingerprint density at radius 2 is 1.59 bits per heavy atom. The first-order valence-corrected chi connectivity index (χ1v) is 12.3. The second-order valence-electron chi connectivity index (χ2n) is 7.72. The second kappa shape index (κ2) is 12.4. The van der Waals surface area contributed by atoms with E-state index < -0.39 is 16.1 Å². The number of sulfonamides is 1. The Kier molecular flexibility index (Phi) is 9.87. The van der Waals surface area contributed by atoms with Gasteiger partial charge in [0.05, 0.1) is 4.90 Å². The van der Waals surface area contributed by atoms with Crippen LogP contribution in [0, 0.1) is 0 Å². The summed E-state index contributed by atoms with van der Waals surface area (Å²) < 4.78 is 26.6. The summed E-state index contributed by atoms with van der Waals surface area (Å²) in [6, 6.07) is 17.1. The van der Waals surface area contributed by atoms with E-state index in [0.717, 1.165) is 12.0 Å². The van der Waals surface area contributed by atoms with Crippen molar-refractivity contribution in [2.24, 2.45) is 0 Å². The zero-order chi connectivity index (χ0) is 23.6. The molecule has 2 amide bonds. The zero-order valence-corrected chi connectivity index (χ0v) is 19.8. The maximum atomic E-state index is 13.0. The van der Waals surface area contributed by atoms with Gasteiger partial charge in [0.25, 0.3) is 0 Å². The largest absolute Gasteiger partial charge is 0.354 e. The second-order valence-corrected chi connectivity index (χ2v) is 9.76. The molecular formula is C24H33N3O4S. The smallest absolute Gasteiger partial charge is 0.242 e. The number of amides is 2. The van der Waals surface area contributed by atoms with Gasteiger partial charge in [-0.3, -0.25) is 9.59 Å². The van der Waals surface area contributed by atoms with Crippen molar-refractivity contribution >= 4 is 21.8 Å². The Labute approximate surface area is 191 Å². The van der Waals surface area contributed by atoms with Gasteiger partial charge in [-0.15, -0.1) is 0 Å². The number of nitrogens with zero attached hydrogens (tertiary/aromatic N) is 2. The van der Waals surface area contributed by atoms with Crippen LogP contribution in [0.3, 0.4) is 0 Å². The molecule has 8 heteroatoms. The Balaban J connectivity index is 2.03. The molecule has 174 valence electrons. The highest BCUT2D eigenvalue weighted by Crippen LogP contribution is 2.16. The number of carbonyl (C=O) groups is 2. The van der Waals surface area contributed by atoms with Gasteiger partial charge < -0.3 is 10.2 Å². The molecule has 32 heavy (non-hydrogen) atoms. The summed E-state index contributed by atoms with van der Waals surface area (Å²) in [5, 5.41) is 2.85. The summed E-state index contributed by atoms with van der Waals surface area (Å²) in [5.74, 6) is -0.376. The van der Waals surface area contributed by atoms with E-state index in [0.29, 0.717) is 19.5 Å². The molecule has 0 fully saturated rings. The third kappa shape index (κ3) is 7.17. The van der Waals surface area contributed by atoms with Crippen LogP contribution in [0.1, 0.15) is 38.7 Å². The minimum atomic E-state index is -3.60. The van der Waals surface area contributed by atoms with Gasteiger partial charge in [-0.1, -0.05) is 55.5 Å². The Morgan fingerprint density at radius 3 is 2.19 bits per heavy atom. The van der Waals surface area contributed by atoms with Crippen molar-refractivity contribution in [2.75, 3.05) is 20.1 Å². The summed E-state index contributed by atoms with van der Waals surface area (Å²) in [6.07, 6.45) is 1.32. The lowest BCUT2D eigenvalue weighted by Crippen LogP contribution is -2.47. The van der Waals surface area contributed by atoms with Crippen molar-refractivity contribution in [2.45, 2.75) is 50.6 Å². The first kappa shape index (κ1) is 25.5. The number of rotatable bonds is 12. The number of nitrogens with one attached hydrogen (secondary N) is 1. The quantitative estimate of drug-likeness (QED) is 0.529. The van der Waals surface area contributed by atoms with Gasteiger partial charge in [-0.25, -0.2) is 12.7 Å². The summed E-state index contributed by atoms with van der Waals surface area (Å²) in [4.78, 5) is 27.3. The van der Waals surface area contributed by atoms with Crippen molar-refractivity contribution in [3.63, 3.8) is 0 Å². The van der Waals surface area contributed by atoms with Crippen molar-refractivity contribution in [3.8, 4) is 0 Å². The lowest BCUT2D eigenvalue weighted by atomic mass is 10.1. The zero-order valence-electron chi connectivity index (χ0n) is 19.0. The molecule has 0 spiro atoms. The molecule has 1 N–H and O–H groups in total. The van der Waals surface area contributed by atoms with Crippen molar-refractivity contribution in [1.29, 1.82) is 0 Å². The first-order chi connectivity index (χ1) is 15.3. The van der Waals surface area contributed by atoms with Gasteiger partial charge in [0.15, 0.2) is 0 Å². The molecule has 0 saturated heterocycles. The number of hydrogen-bond donors (Lipinski definition) is 1. The van der Waals surface area contributed by atoms with Crippen LogP contribution >= 0.6 is 0 Å². The highest BCUT2D eigenvalue weighted by molar-refractivity contribution is 7.89. The molecule has 0 bridgehead atoms. The fourth-order valence-electron chi connectivity index (χ4n) is 3.25. The molecule has 0 saturated carbocycles. The normalized spacial score (nSPS) is 12.4. The van der Waals surface area contributed by atoms with E-state index in [-0.39, 0.29) is 29.7 Å². The number of hydrogen-bond acceptors (Lipinski definition) is 4. The van der Waals surface area contributed by atoms with Crippen LogP contribution in [0.4, 0.5) is 0 Å². The predicted molar refractivity (Wildman–Crippen MR) is 125 cm³/mol. The average molecular weight is 460 g/mol. The van der Waals surface area contributed by atoms with Crippen LogP contribution in [0.15, 0.2) is 65.6 Å². The molecule has 2 rings (SSSR count). The van der Waals surface area contributed by atoms with Crippen LogP contribution in [0.2, 0.25) is 0 Å². The van der Waals surface area contributed by atoms with Gasteiger partial charge in [0, 0.05) is 33.1 Å². The third-order valence-corrected chi connectivity index (χ3v) is 7.10. The third-order valence-electron chi connectivity index (χ3n) is 5.23. The summed E-state index contributed by atoms with van der Waals surface area (Å²) >= 11 is 0. The van der Waals surface area contributed by atoms with Gasteiger partial charge >= 0.3 is 0 Å². The molecule has 0 aliphatic carbocycles. The maximum Gasteiger partial charge on any atom is 0.242 e. The van der Waals surface area contributed by atoms with Crippen LogP contribution in [0.5, 0.6) is 0 Å². The van der Waals surface area contributed by atoms with Crippen LogP contribution in [-0.4, -0.2) is 55.6 Å². The van der Waals surface area contributed by atoms with E-state index in [4.69, 9.17) is 0 Å². The van der Waals surface area contributed by atoms with Crippen molar-refractivity contribution < 1.29 is 18.0 Å².